The fraction of sp³-hybridized carbons (Fsp3) is 0.810. The van der Waals surface area contributed by atoms with Gasteiger partial charge in [-0.2, -0.15) is 37.9 Å². The first kappa shape index (κ1) is 17.7. The average molecular weight is 379 g/mol. The van der Waals surface area contributed by atoms with Gasteiger partial charge >= 0.3 is 0 Å². The molecule has 0 saturated heterocycles. The number of thiol groups is 3. The van der Waals surface area contributed by atoms with Crippen LogP contribution in [0.15, 0.2) is 11.6 Å². The van der Waals surface area contributed by atoms with Crippen LogP contribution in [-0.4, -0.2) is 15.2 Å². The second-order valence-corrected chi connectivity index (χ2v) is 11.4. The van der Waals surface area contributed by atoms with Crippen LogP contribution in [0, 0.1) is 40.9 Å². The second kappa shape index (κ2) is 5.67. The van der Waals surface area contributed by atoms with E-state index in [-0.39, 0.29) is 10.2 Å². The molecule has 4 aliphatic carbocycles. The minimum atomic E-state index is -0.232. The van der Waals surface area contributed by atoms with Gasteiger partial charge in [-0.15, -0.1) is 6.42 Å². The number of rotatable bonds is 0. The molecule has 0 N–H and O–H groups in total. The maximum Gasteiger partial charge on any atom is 0.0789 e. The summed E-state index contributed by atoms with van der Waals surface area (Å²) in [6, 6.07) is 0. The standard InChI is InChI=1S/C21H30S3/c1-4-21(24)10-7-16-18-15(6-9-20(16,21)3)19(2)8-5-14(22)11-13(19)12-17(18)23/h1,12,14-18,22-24H,5-11H2,2-3H3/t14?,15-,16+,17?,18-,19+,20+,21?/m1/s1. The highest BCUT2D eigenvalue weighted by Gasteiger charge is 2.63. The van der Waals surface area contributed by atoms with E-state index in [1.807, 2.05) is 0 Å². The van der Waals surface area contributed by atoms with Gasteiger partial charge in [0.2, 0.25) is 0 Å². The molecule has 3 heteroatoms. The lowest BCUT2D eigenvalue weighted by atomic mass is 9.47. The van der Waals surface area contributed by atoms with E-state index in [0.717, 1.165) is 18.8 Å². The van der Waals surface area contributed by atoms with Crippen molar-refractivity contribution in [3.8, 4) is 12.3 Å². The average Bonchev–Trinajstić information content (AvgIpc) is 2.82. The first-order valence-corrected chi connectivity index (χ1v) is 11.0. The molecule has 0 aromatic rings. The van der Waals surface area contributed by atoms with Gasteiger partial charge in [0.05, 0.1) is 4.75 Å². The zero-order valence-corrected chi connectivity index (χ0v) is 17.5. The molecular formula is C21H30S3. The van der Waals surface area contributed by atoms with Gasteiger partial charge in [-0.05, 0) is 73.5 Å². The van der Waals surface area contributed by atoms with Crippen molar-refractivity contribution in [1.29, 1.82) is 0 Å². The quantitative estimate of drug-likeness (QED) is 0.278. The SMILES string of the molecule is C#CC1(S)CC[C@H]2[C@@H]3C(S)C=C4CC(S)CC[C@]4(C)[C@@H]3CC[C@@]21C. The molecule has 0 radical (unpaired) electrons. The molecule has 0 nitrogen and oxygen atoms in total. The summed E-state index contributed by atoms with van der Waals surface area (Å²) >= 11 is 14.9. The summed E-state index contributed by atoms with van der Waals surface area (Å²) in [4.78, 5) is 0. The predicted octanol–water partition coefficient (Wildman–Crippen LogP) is 5.46. The summed E-state index contributed by atoms with van der Waals surface area (Å²) in [5, 5.41) is 0.906. The first-order valence-electron chi connectivity index (χ1n) is 9.53. The molecular weight excluding hydrogens is 348 g/mol. The maximum absolute atomic E-state index is 5.94. The van der Waals surface area contributed by atoms with E-state index in [0.29, 0.717) is 27.8 Å². The number of terminal acetylenes is 1. The molecule has 0 aliphatic heterocycles. The van der Waals surface area contributed by atoms with Crippen LogP contribution in [0.25, 0.3) is 0 Å². The van der Waals surface area contributed by atoms with Crippen molar-refractivity contribution in [1.82, 2.24) is 0 Å². The summed E-state index contributed by atoms with van der Waals surface area (Å²) in [5.41, 5.74) is 2.17. The van der Waals surface area contributed by atoms with Crippen LogP contribution in [0.1, 0.15) is 58.8 Å². The Hall–Kier alpha value is 0.350. The van der Waals surface area contributed by atoms with E-state index in [1.54, 1.807) is 5.57 Å². The number of hydrogen-bond acceptors (Lipinski definition) is 3. The van der Waals surface area contributed by atoms with Gasteiger partial charge in [0.1, 0.15) is 0 Å². The van der Waals surface area contributed by atoms with Crippen LogP contribution >= 0.6 is 37.9 Å². The number of allylic oxidation sites excluding steroid dienone is 1. The van der Waals surface area contributed by atoms with E-state index in [4.69, 9.17) is 44.3 Å². The zero-order valence-electron chi connectivity index (χ0n) is 14.8. The van der Waals surface area contributed by atoms with Crippen molar-refractivity contribution < 1.29 is 0 Å². The molecule has 0 heterocycles. The fourth-order valence-corrected chi connectivity index (χ4v) is 8.21. The number of hydrogen-bond donors (Lipinski definition) is 3. The van der Waals surface area contributed by atoms with E-state index in [2.05, 4.69) is 25.8 Å². The van der Waals surface area contributed by atoms with Gasteiger partial charge in [-0.3, -0.25) is 0 Å². The van der Waals surface area contributed by atoms with Gasteiger partial charge in [0.15, 0.2) is 0 Å². The molecule has 4 rings (SSSR count). The highest BCUT2D eigenvalue weighted by molar-refractivity contribution is 7.82. The van der Waals surface area contributed by atoms with Gasteiger partial charge in [0.25, 0.3) is 0 Å². The van der Waals surface area contributed by atoms with Crippen molar-refractivity contribution >= 4 is 37.9 Å². The Bertz CT molecular complexity index is 619. The number of fused-ring (bicyclic) bond motifs is 5. The Morgan fingerprint density at radius 3 is 2.50 bits per heavy atom. The monoisotopic (exact) mass is 378 g/mol. The normalized spacial score (nSPS) is 56.5. The minimum Gasteiger partial charge on any atom is -0.176 e. The van der Waals surface area contributed by atoms with E-state index >= 15 is 0 Å². The van der Waals surface area contributed by atoms with Gasteiger partial charge in [-0.1, -0.05) is 31.4 Å². The second-order valence-electron chi connectivity index (χ2n) is 9.29. The van der Waals surface area contributed by atoms with Crippen LogP contribution in [0.5, 0.6) is 0 Å². The molecule has 3 fully saturated rings. The summed E-state index contributed by atoms with van der Waals surface area (Å²) in [6.45, 7) is 4.95. The molecule has 3 unspecified atom stereocenters. The van der Waals surface area contributed by atoms with Crippen LogP contribution in [-0.2, 0) is 0 Å². The molecule has 0 aromatic carbocycles. The Kier molecular flexibility index (Phi) is 4.19. The van der Waals surface area contributed by atoms with Crippen LogP contribution in [0.4, 0.5) is 0 Å². The summed E-state index contributed by atoms with van der Waals surface area (Å²) < 4.78 is -0.232. The largest absolute Gasteiger partial charge is 0.176 e. The molecule has 3 saturated carbocycles. The van der Waals surface area contributed by atoms with Crippen molar-refractivity contribution in [2.75, 3.05) is 0 Å². The van der Waals surface area contributed by atoms with Gasteiger partial charge in [0, 0.05) is 10.5 Å². The van der Waals surface area contributed by atoms with E-state index in [9.17, 15) is 0 Å². The lowest BCUT2D eigenvalue weighted by Gasteiger charge is -2.60. The smallest absolute Gasteiger partial charge is 0.0789 e. The molecule has 8 atom stereocenters. The van der Waals surface area contributed by atoms with Gasteiger partial charge < -0.3 is 0 Å². The zero-order chi connectivity index (χ0) is 17.3. The van der Waals surface area contributed by atoms with Crippen LogP contribution in [0.3, 0.4) is 0 Å². The predicted molar refractivity (Wildman–Crippen MR) is 113 cm³/mol. The lowest BCUT2D eigenvalue weighted by molar-refractivity contribution is -0.0252. The minimum absolute atomic E-state index is 0.162. The van der Waals surface area contributed by atoms with Crippen molar-refractivity contribution in [3.05, 3.63) is 11.6 Å². The van der Waals surface area contributed by atoms with Crippen LogP contribution < -0.4 is 0 Å². The third kappa shape index (κ3) is 2.18. The molecule has 0 aromatic heterocycles. The molecule has 0 amide bonds. The Labute approximate surface area is 164 Å². The van der Waals surface area contributed by atoms with Gasteiger partial charge in [-0.25, -0.2) is 0 Å². The third-order valence-corrected chi connectivity index (χ3v) is 10.3. The lowest BCUT2D eigenvalue weighted by Crippen LogP contribution is -2.55. The molecule has 4 aliphatic rings. The summed E-state index contributed by atoms with van der Waals surface area (Å²) in [5.74, 6) is 5.15. The first-order chi connectivity index (χ1) is 11.2. The highest BCUT2D eigenvalue weighted by atomic mass is 32.1. The topological polar surface area (TPSA) is 0 Å². The maximum atomic E-state index is 5.94. The molecule has 132 valence electrons. The third-order valence-electron chi connectivity index (χ3n) is 8.49. The Morgan fingerprint density at radius 1 is 1.08 bits per heavy atom. The summed E-state index contributed by atoms with van der Waals surface area (Å²) in [6.07, 6.45) is 16.9. The summed E-state index contributed by atoms with van der Waals surface area (Å²) in [7, 11) is 0. The van der Waals surface area contributed by atoms with Crippen molar-refractivity contribution in [3.63, 3.8) is 0 Å². The Morgan fingerprint density at radius 2 is 1.79 bits per heavy atom. The molecule has 0 spiro atoms. The fourth-order valence-electron chi connectivity index (χ4n) is 6.88. The molecule has 0 bridgehead atoms. The molecule has 24 heavy (non-hydrogen) atoms. The van der Waals surface area contributed by atoms with Crippen molar-refractivity contribution in [2.45, 2.75) is 74.0 Å². The van der Waals surface area contributed by atoms with E-state index in [1.165, 1.54) is 32.1 Å². The highest BCUT2D eigenvalue weighted by Crippen LogP contribution is 2.68. The van der Waals surface area contributed by atoms with Crippen LogP contribution in [0.2, 0.25) is 0 Å². The van der Waals surface area contributed by atoms with E-state index < -0.39 is 0 Å². The van der Waals surface area contributed by atoms with Crippen molar-refractivity contribution in [2.24, 2.45) is 28.6 Å². The Balaban J connectivity index is 1.75.